The van der Waals surface area contributed by atoms with Crippen LogP contribution in [-0.4, -0.2) is 0 Å². The molecule has 0 heterocycles. The monoisotopic (exact) mass is 474 g/mol. The quantitative estimate of drug-likeness (QED) is 0.242. The summed E-state index contributed by atoms with van der Waals surface area (Å²) in [5.41, 5.74) is 3.99. The first-order valence-corrected chi connectivity index (χ1v) is 15.2. The van der Waals surface area contributed by atoms with E-state index in [-0.39, 0.29) is 0 Å². The van der Waals surface area contributed by atoms with Crippen LogP contribution in [0.25, 0.3) is 0 Å². The van der Waals surface area contributed by atoms with Gasteiger partial charge in [0.1, 0.15) is 0 Å². The van der Waals surface area contributed by atoms with E-state index in [0.29, 0.717) is 10.8 Å². The first kappa shape index (κ1) is 25.6. The smallest absolute Gasteiger partial charge is 0.0133 e. The first-order chi connectivity index (χ1) is 16.5. The fourth-order valence-electron chi connectivity index (χ4n) is 9.10. The second-order valence-electron chi connectivity index (χ2n) is 14.9. The molecule has 35 heavy (non-hydrogen) atoms. The summed E-state index contributed by atoms with van der Waals surface area (Å²) in [5, 5.41) is 0. The van der Waals surface area contributed by atoms with Crippen molar-refractivity contribution in [1.82, 2.24) is 0 Å². The van der Waals surface area contributed by atoms with Crippen molar-refractivity contribution in [3.63, 3.8) is 0 Å². The molecule has 0 aromatic heterocycles. The highest BCUT2D eigenvalue weighted by molar-refractivity contribution is 5.25. The molecule has 194 valence electrons. The summed E-state index contributed by atoms with van der Waals surface area (Å²) in [7, 11) is 0. The van der Waals surface area contributed by atoms with Gasteiger partial charge in [-0.2, -0.15) is 0 Å². The second kappa shape index (κ2) is 9.36. The molecule has 10 atom stereocenters. The standard InChI is InChI=1S/C16H24.C10H12.C6H12.C3H6/c1-15(2)11-8-12(16(15,3)4)14-10-6-5-9(7-10)13(11)14;1-2-9-7-4-5-8(6-7)10(9)3-1;1-5(2)6(3)4;1-2-3-1/h5-6,9-14H,7-8H2,1-4H3;1-2,4-5,7-10H,3,6H2;1-4H3;1-3H2. The molecule has 0 aromatic rings. The Balaban J connectivity index is 0.000000114. The molecule has 8 aliphatic carbocycles. The maximum atomic E-state index is 2.55. The molecule has 5 saturated carbocycles. The van der Waals surface area contributed by atoms with Gasteiger partial charge in [-0.15, -0.1) is 0 Å². The Kier molecular flexibility index (Phi) is 6.85. The topological polar surface area (TPSA) is 0 Å². The zero-order chi connectivity index (χ0) is 25.1. The van der Waals surface area contributed by atoms with Crippen LogP contribution in [0.5, 0.6) is 0 Å². The average molecular weight is 475 g/mol. The lowest BCUT2D eigenvalue weighted by Gasteiger charge is -2.52. The Hall–Kier alpha value is -1.04. The van der Waals surface area contributed by atoms with Crippen molar-refractivity contribution < 1.29 is 0 Å². The summed E-state index contributed by atoms with van der Waals surface area (Å²) < 4.78 is 0. The van der Waals surface area contributed by atoms with Crippen molar-refractivity contribution in [2.45, 2.75) is 100 Å². The largest absolute Gasteiger partial charge is 0.0879 e. The number of hydrogen-bond acceptors (Lipinski definition) is 0. The number of rotatable bonds is 0. The van der Waals surface area contributed by atoms with Gasteiger partial charge < -0.3 is 0 Å². The van der Waals surface area contributed by atoms with Crippen molar-refractivity contribution in [3.05, 3.63) is 47.6 Å². The Morgan fingerprint density at radius 1 is 0.571 bits per heavy atom. The third kappa shape index (κ3) is 4.38. The van der Waals surface area contributed by atoms with Gasteiger partial charge in [0.2, 0.25) is 0 Å². The Morgan fingerprint density at radius 2 is 1.03 bits per heavy atom. The van der Waals surface area contributed by atoms with Crippen LogP contribution >= 0.6 is 0 Å². The predicted octanol–water partition coefficient (Wildman–Crippen LogP) is 10.0. The summed E-state index contributed by atoms with van der Waals surface area (Å²) in [6.07, 6.45) is 25.1. The average Bonchev–Trinajstić information content (AvgIpc) is 3.34. The minimum Gasteiger partial charge on any atom is -0.0879 e. The van der Waals surface area contributed by atoms with Gasteiger partial charge in [0.25, 0.3) is 0 Å². The highest BCUT2D eigenvalue weighted by Gasteiger charge is 2.69. The van der Waals surface area contributed by atoms with Crippen molar-refractivity contribution >= 4 is 0 Å². The normalized spacial score (nSPS) is 45.6. The maximum Gasteiger partial charge on any atom is -0.0133 e. The molecule has 0 spiro atoms. The van der Waals surface area contributed by atoms with Gasteiger partial charge in [-0.3, -0.25) is 0 Å². The molecule has 8 aliphatic rings. The molecule has 10 unspecified atom stereocenters. The minimum atomic E-state index is 0.567. The summed E-state index contributed by atoms with van der Waals surface area (Å²) in [6.45, 7) is 18.7. The Morgan fingerprint density at radius 3 is 1.49 bits per heavy atom. The lowest BCUT2D eigenvalue weighted by atomic mass is 9.52. The van der Waals surface area contributed by atoms with Crippen LogP contribution < -0.4 is 0 Å². The predicted molar refractivity (Wildman–Crippen MR) is 152 cm³/mol. The molecule has 8 rings (SSSR count). The van der Waals surface area contributed by atoms with Crippen LogP contribution in [0.1, 0.15) is 100 Å². The van der Waals surface area contributed by atoms with Crippen LogP contribution in [0.15, 0.2) is 47.6 Å². The van der Waals surface area contributed by atoms with Crippen molar-refractivity contribution in [3.8, 4) is 0 Å². The SMILES string of the molecule is C1=CC2C3C=CC(C3)C2C1.C1CC1.CC(C)=C(C)C.CC1(C)C2CC(C3C4C=CC(C4)C32)C1(C)C. The van der Waals surface area contributed by atoms with E-state index in [9.17, 15) is 0 Å². The van der Waals surface area contributed by atoms with Crippen molar-refractivity contribution in [2.75, 3.05) is 0 Å². The first-order valence-electron chi connectivity index (χ1n) is 15.2. The lowest BCUT2D eigenvalue weighted by molar-refractivity contribution is -0.0349. The van der Waals surface area contributed by atoms with E-state index in [1.54, 1.807) is 0 Å². The van der Waals surface area contributed by atoms with Gasteiger partial charge in [0, 0.05) is 0 Å². The van der Waals surface area contributed by atoms with Gasteiger partial charge >= 0.3 is 0 Å². The molecule has 6 bridgehead atoms. The van der Waals surface area contributed by atoms with Crippen LogP contribution in [0.2, 0.25) is 0 Å². The third-order valence-corrected chi connectivity index (χ3v) is 12.3. The van der Waals surface area contributed by atoms with E-state index in [0.717, 1.165) is 59.2 Å². The molecule has 0 aliphatic heterocycles. The zero-order valence-electron chi connectivity index (χ0n) is 24.2. The summed E-state index contributed by atoms with van der Waals surface area (Å²) >= 11 is 0. The molecule has 0 amide bonds. The Labute approximate surface area is 217 Å². The number of allylic oxidation sites excluding steroid dienone is 8. The molecule has 0 N–H and O–H groups in total. The van der Waals surface area contributed by atoms with E-state index in [2.05, 4.69) is 91.8 Å². The summed E-state index contributed by atoms with van der Waals surface area (Å²) in [6, 6.07) is 0. The van der Waals surface area contributed by atoms with E-state index in [1.165, 1.54) is 56.1 Å². The second-order valence-corrected chi connectivity index (χ2v) is 14.9. The van der Waals surface area contributed by atoms with Gasteiger partial charge in [0.15, 0.2) is 0 Å². The zero-order valence-corrected chi connectivity index (χ0v) is 24.2. The van der Waals surface area contributed by atoms with Gasteiger partial charge in [-0.25, -0.2) is 0 Å². The highest BCUT2D eigenvalue weighted by atomic mass is 14.7. The molecule has 0 saturated heterocycles. The molecule has 0 aromatic carbocycles. The lowest BCUT2D eigenvalue weighted by Crippen LogP contribution is -2.47. The summed E-state index contributed by atoms with van der Waals surface area (Å²) in [5.74, 6) is 9.88. The minimum absolute atomic E-state index is 0.567. The molecule has 0 radical (unpaired) electrons. The third-order valence-electron chi connectivity index (χ3n) is 12.3. The summed E-state index contributed by atoms with van der Waals surface area (Å²) in [4.78, 5) is 0. The highest BCUT2D eigenvalue weighted by Crippen LogP contribution is 2.76. The number of fused-ring (bicyclic) bond motifs is 14. The van der Waals surface area contributed by atoms with E-state index in [1.807, 2.05) is 0 Å². The fraction of sp³-hybridized carbons (Fsp3) is 0.771. The maximum absolute atomic E-state index is 2.55. The van der Waals surface area contributed by atoms with Crippen molar-refractivity contribution in [1.29, 1.82) is 0 Å². The molecule has 5 fully saturated rings. The molecule has 0 nitrogen and oxygen atoms in total. The van der Waals surface area contributed by atoms with Crippen LogP contribution in [0.4, 0.5) is 0 Å². The Bertz CT molecular complexity index is 850. The van der Waals surface area contributed by atoms with Crippen LogP contribution in [0, 0.1) is 70.0 Å². The number of hydrogen-bond donors (Lipinski definition) is 0. The molecule has 0 heteroatoms. The molecular weight excluding hydrogens is 420 g/mol. The van der Waals surface area contributed by atoms with Gasteiger partial charge in [0.05, 0.1) is 0 Å². The van der Waals surface area contributed by atoms with E-state index in [4.69, 9.17) is 0 Å². The van der Waals surface area contributed by atoms with E-state index < -0.39 is 0 Å². The van der Waals surface area contributed by atoms with E-state index >= 15 is 0 Å². The van der Waals surface area contributed by atoms with Gasteiger partial charge in [-0.1, -0.05) is 94.6 Å². The fourth-order valence-corrected chi connectivity index (χ4v) is 9.10. The molecular formula is C35H54. The van der Waals surface area contributed by atoms with Crippen LogP contribution in [0.3, 0.4) is 0 Å². The van der Waals surface area contributed by atoms with Crippen molar-refractivity contribution in [2.24, 2.45) is 70.0 Å². The van der Waals surface area contributed by atoms with Gasteiger partial charge in [-0.05, 0) is 123 Å². The van der Waals surface area contributed by atoms with Crippen LogP contribution in [-0.2, 0) is 0 Å².